The summed E-state index contributed by atoms with van der Waals surface area (Å²) >= 11 is 7.07. The van der Waals surface area contributed by atoms with Gasteiger partial charge >= 0.3 is 0 Å². The van der Waals surface area contributed by atoms with Gasteiger partial charge < -0.3 is 15.5 Å². The van der Waals surface area contributed by atoms with E-state index in [1.807, 2.05) is 12.1 Å². The highest BCUT2D eigenvalue weighted by atomic mass is 35.5. The van der Waals surface area contributed by atoms with Crippen LogP contribution < -0.4 is 10.6 Å². The maximum atomic E-state index is 9.19. The van der Waals surface area contributed by atoms with Crippen molar-refractivity contribution < 1.29 is 0 Å². The van der Waals surface area contributed by atoms with Crippen LogP contribution in [0.4, 0.5) is 10.0 Å². The largest absolute Gasteiger partial charge is 0.375 e. The molecule has 0 radical (unpaired) electrons. The van der Waals surface area contributed by atoms with Crippen LogP contribution in [0.15, 0.2) is 17.7 Å². The van der Waals surface area contributed by atoms with Crippen molar-refractivity contribution in [1.29, 1.82) is 5.26 Å². The SMILES string of the molecule is N#Cc1cc(NC/C=C/Cl)sc1NCCN1CCCCC1. The van der Waals surface area contributed by atoms with Crippen molar-refractivity contribution >= 4 is 32.9 Å². The minimum Gasteiger partial charge on any atom is -0.375 e. The Kier molecular flexibility index (Phi) is 6.87. The normalized spacial score (nSPS) is 16.0. The highest BCUT2D eigenvalue weighted by Crippen LogP contribution is 2.31. The van der Waals surface area contributed by atoms with Gasteiger partial charge in [-0.3, -0.25) is 0 Å². The van der Waals surface area contributed by atoms with E-state index in [1.54, 1.807) is 11.3 Å². The number of nitriles is 1. The lowest BCUT2D eigenvalue weighted by molar-refractivity contribution is 0.237. The third kappa shape index (κ3) is 5.24. The van der Waals surface area contributed by atoms with Gasteiger partial charge in [0.2, 0.25) is 0 Å². The van der Waals surface area contributed by atoms with Gasteiger partial charge in [-0.1, -0.05) is 35.4 Å². The Balaban J connectivity index is 1.82. The first-order chi connectivity index (χ1) is 10.3. The van der Waals surface area contributed by atoms with Gasteiger partial charge in [-0.05, 0) is 32.0 Å². The Labute approximate surface area is 135 Å². The van der Waals surface area contributed by atoms with Gasteiger partial charge in [-0.2, -0.15) is 5.26 Å². The van der Waals surface area contributed by atoms with Gasteiger partial charge in [-0.25, -0.2) is 0 Å². The molecule has 114 valence electrons. The number of anilines is 2. The van der Waals surface area contributed by atoms with Crippen LogP contribution in [0.1, 0.15) is 24.8 Å². The first-order valence-corrected chi connectivity index (χ1v) is 8.58. The Bertz CT molecular complexity index is 500. The summed E-state index contributed by atoms with van der Waals surface area (Å²) in [4.78, 5) is 2.49. The molecule has 21 heavy (non-hydrogen) atoms. The molecule has 2 heterocycles. The second-order valence-electron chi connectivity index (χ2n) is 5.04. The first-order valence-electron chi connectivity index (χ1n) is 7.32. The van der Waals surface area contributed by atoms with Gasteiger partial charge in [0, 0.05) is 25.2 Å². The topological polar surface area (TPSA) is 51.1 Å². The third-order valence-electron chi connectivity index (χ3n) is 3.50. The van der Waals surface area contributed by atoms with Crippen molar-refractivity contribution in [2.75, 3.05) is 43.4 Å². The maximum Gasteiger partial charge on any atom is 0.108 e. The minimum atomic E-state index is 0.669. The first kappa shape index (κ1) is 16.2. The van der Waals surface area contributed by atoms with Crippen molar-refractivity contribution in [3.05, 3.63) is 23.2 Å². The molecule has 1 aliphatic rings. The molecule has 6 heteroatoms. The molecule has 1 aromatic rings. The van der Waals surface area contributed by atoms with Crippen molar-refractivity contribution in [2.45, 2.75) is 19.3 Å². The predicted molar refractivity (Wildman–Crippen MR) is 91.3 cm³/mol. The van der Waals surface area contributed by atoms with E-state index in [9.17, 15) is 5.26 Å². The summed E-state index contributed by atoms with van der Waals surface area (Å²) in [5, 5.41) is 17.8. The van der Waals surface area contributed by atoms with E-state index >= 15 is 0 Å². The van der Waals surface area contributed by atoms with Crippen LogP contribution in [0.2, 0.25) is 0 Å². The molecular weight excluding hydrogens is 304 g/mol. The number of likely N-dealkylation sites (tertiary alicyclic amines) is 1. The average Bonchev–Trinajstić information content (AvgIpc) is 2.91. The van der Waals surface area contributed by atoms with Gasteiger partial charge in [-0.15, -0.1) is 0 Å². The van der Waals surface area contributed by atoms with Gasteiger partial charge in [0.1, 0.15) is 11.1 Å². The number of piperidine rings is 1. The molecule has 4 nitrogen and oxygen atoms in total. The third-order valence-corrected chi connectivity index (χ3v) is 4.73. The van der Waals surface area contributed by atoms with Crippen molar-refractivity contribution in [2.24, 2.45) is 0 Å². The molecule has 1 aromatic heterocycles. The van der Waals surface area contributed by atoms with Crippen LogP contribution in [0, 0.1) is 11.3 Å². The Morgan fingerprint density at radius 1 is 1.33 bits per heavy atom. The molecule has 0 bridgehead atoms. The molecule has 2 rings (SSSR count). The molecule has 2 N–H and O–H groups in total. The Hall–Kier alpha value is -1.22. The molecule has 0 spiro atoms. The zero-order valence-electron chi connectivity index (χ0n) is 12.1. The summed E-state index contributed by atoms with van der Waals surface area (Å²) in [6, 6.07) is 4.13. The molecule has 0 saturated carbocycles. The van der Waals surface area contributed by atoms with Crippen LogP contribution in [0.5, 0.6) is 0 Å². The summed E-state index contributed by atoms with van der Waals surface area (Å²) in [5.41, 5.74) is 2.19. The van der Waals surface area contributed by atoms with Gasteiger partial charge in [0.15, 0.2) is 0 Å². The number of halogens is 1. The molecule has 0 aliphatic carbocycles. The number of nitrogens with one attached hydrogen (secondary N) is 2. The van der Waals surface area contributed by atoms with Crippen molar-refractivity contribution in [1.82, 2.24) is 4.90 Å². The lowest BCUT2D eigenvalue weighted by Crippen LogP contribution is -2.33. The number of hydrogen-bond donors (Lipinski definition) is 2. The number of nitrogens with zero attached hydrogens (tertiary/aromatic N) is 2. The number of hydrogen-bond acceptors (Lipinski definition) is 5. The lowest BCUT2D eigenvalue weighted by atomic mass is 10.1. The van der Waals surface area contributed by atoms with E-state index < -0.39 is 0 Å². The highest BCUT2D eigenvalue weighted by molar-refractivity contribution is 7.20. The van der Waals surface area contributed by atoms with E-state index in [0.29, 0.717) is 12.1 Å². The molecule has 0 unspecified atom stereocenters. The molecule has 1 fully saturated rings. The van der Waals surface area contributed by atoms with Gasteiger partial charge in [0.25, 0.3) is 0 Å². The molecule has 0 atom stereocenters. The van der Waals surface area contributed by atoms with Crippen LogP contribution in [0.3, 0.4) is 0 Å². The summed E-state index contributed by atoms with van der Waals surface area (Å²) in [6.45, 7) is 5.00. The fourth-order valence-corrected chi connectivity index (χ4v) is 3.44. The van der Waals surface area contributed by atoms with Crippen LogP contribution in [-0.4, -0.2) is 37.6 Å². The highest BCUT2D eigenvalue weighted by Gasteiger charge is 2.11. The number of thiophene rings is 1. The van der Waals surface area contributed by atoms with Crippen LogP contribution in [0.25, 0.3) is 0 Å². The smallest absolute Gasteiger partial charge is 0.108 e. The van der Waals surface area contributed by atoms with E-state index in [1.165, 1.54) is 37.9 Å². The predicted octanol–water partition coefficient (Wildman–Crippen LogP) is 3.68. The summed E-state index contributed by atoms with van der Waals surface area (Å²) in [6.07, 6.45) is 5.81. The standard InChI is InChI=1S/C15H21ClN4S/c16-5-4-6-18-14-11-13(12-17)15(21-14)19-7-10-20-8-2-1-3-9-20/h4-5,11,18-19H,1-3,6-10H2/b5-4+. The van der Waals surface area contributed by atoms with E-state index in [2.05, 4.69) is 21.6 Å². The molecular formula is C15H21ClN4S. The van der Waals surface area contributed by atoms with E-state index in [-0.39, 0.29) is 0 Å². The Morgan fingerprint density at radius 2 is 2.14 bits per heavy atom. The molecule has 1 aliphatic heterocycles. The van der Waals surface area contributed by atoms with E-state index in [4.69, 9.17) is 11.6 Å². The second kappa shape index (κ2) is 8.93. The summed E-state index contributed by atoms with van der Waals surface area (Å²) in [5.74, 6) is 0. The van der Waals surface area contributed by atoms with E-state index in [0.717, 1.165) is 23.1 Å². The quantitative estimate of drug-likeness (QED) is 0.803. The molecule has 1 saturated heterocycles. The maximum absolute atomic E-state index is 9.19. The fourth-order valence-electron chi connectivity index (χ4n) is 2.41. The zero-order valence-corrected chi connectivity index (χ0v) is 13.6. The van der Waals surface area contributed by atoms with Gasteiger partial charge in [0.05, 0.1) is 10.6 Å². The minimum absolute atomic E-state index is 0.669. The molecule has 0 amide bonds. The summed E-state index contributed by atoms with van der Waals surface area (Å²) < 4.78 is 0. The summed E-state index contributed by atoms with van der Waals surface area (Å²) in [7, 11) is 0. The van der Waals surface area contributed by atoms with Crippen molar-refractivity contribution in [3.63, 3.8) is 0 Å². The Morgan fingerprint density at radius 3 is 2.86 bits per heavy atom. The van der Waals surface area contributed by atoms with Crippen LogP contribution in [-0.2, 0) is 0 Å². The zero-order chi connectivity index (χ0) is 14.9. The second-order valence-corrected chi connectivity index (χ2v) is 6.34. The van der Waals surface area contributed by atoms with Crippen LogP contribution >= 0.6 is 22.9 Å². The lowest BCUT2D eigenvalue weighted by Gasteiger charge is -2.26. The van der Waals surface area contributed by atoms with Crippen molar-refractivity contribution in [3.8, 4) is 6.07 Å². The number of rotatable bonds is 7. The average molecular weight is 325 g/mol. The fraction of sp³-hybridized carbons (Fsp3) is 0.533. The molecule has 0 aromatic carbocycles. The monoisotopic (exact) mass is 324 g/mol.